The first kappa shape index (κ1) is 17.3. The van der Waals surface area contributed by atoms with Gasteiger partial charge in [0.05, 0.1) is 0 Å². The van der Waals surface area contributed by atoms with Gasteiger partial charge in [-0.05, 0) is 46.0 Å². The Balaban J connectivity index is 2.51. The summed E-state index contributed by atoms with van der Waals surface area (Å²) in [5.74, 6) is 0.622. The Labute approximate surface area is 124 Å². The van der Waals surface area contributed by atoms with Crippen molar-refractivity contribution >= 4 is 6.09 Å². The molecule has 4 heteroatoms. The van der Waals surface area contributed by atoms with E-state index in [1.807, 2.05) is 25.7 Å². The maximum Gasteiger partial charge on any atom is 0.410 e. The van der Waals surface area contributed by atoms with E-state index in [1.54, 1.807) is 0 Å². The molecule has 1 aliphatic rings. The number of nitrogens with one attached hydrogen (secondary N) is 1. The molecule has 2 atom stereocenters. The van der Waals surface area contributed by atoms with Crippen LogP contribution in [0.5, 0.6) is 0 Å². The molecule has 1 heterocycles. The number of rotatable bonds is 5. The molecular weight excluding hydrogens is 252 g/mol. The van der Waals surface area contributed by atoms with Crippen molar-refractivity contribution in [3.8, 4) is 0 Å². The zero-order valence-corrected chi connectivity index (χ0v) is 14.0. The molecule has 118 valence electrons. The minimum atomic E-state index is -0.415. The standard InChI is InChI=1S/C16H32N2O2/c1-7-14(12(2)3)17-11-13-9-8-10-18(13)15(19)20-16(4,5)6/h12-14,17H,7-11H2,1-6H3. The monoisotopic (exact) mass is 284 g/mol. The molecule has 0 radical (unpaired) electrons. The average molecular weight is 284 g/mol. The molecule has 0 saturated carbocycles. The summed E-state index contributed by atoms with van der Waals surface area (Å²) in [5.41, 5.74) is -0.415. The van der Waals surface area contributed by atoms with Crippen LogP contribution in [-0.2, 0) is 4.74 Å². The largest absolute Gasteiger partial charge is 0.444 e. The smallest absolute Gasteiger partial charge is 0.410 e. The molecule has 20 heavy (non-hydrogen) atoms. The summed E-state index contributed by atoms with van der Waals surface area (Å²) in [5, 5.41) is 3.61. The van der Waals surface area contributed by atoms with Crippen molar-refractivity contribution < 1.29 is 9.53 Å². The average Bonchev–Trinajstić information content (AvgIpc) is 2.75. The topological polar surface area (TPSA) is 41.6 Å². The predicted octanol–water partition coefficient (Wildman–Crippen LogP) is 3.41. The number of hydrogen-bond acceptors (Lipinski definition) is 3. The lowest BCUT2D eigenvalue weighted by atomic mass is 10.0. The van der Waals surface area contributed by atoms with E-state index < -0.39 is 5.60 Å². The summed E-state index contributed by atoms with van der Waals surface area (Å²) in [6.07, 6.45) is 3.10. The maximum atomic E-state index is 12.2. The molecule has 1 amide bonds. The summed E-state index contributed by atoms with van der Waals surface area (Å²) < 4.78 is 5.49. The maximum absolute atomic E-state index is 12.2. The van der Waals surface area contributed by atoms with Crippen molar-refractivity contribution in [1.82, 2.24) is 10.2 Å². The van der Waals surface area contributed by atoms with Gasteiger partial charge < -0.3 is 15.0 Å². The zero-order valence-electron chi connectivity index (χ0n) is 14.0. The normalized spacial score (nSPS) is 21.4. The summed E-state index contributed by atoms with van der Waals surface area (Å²) in [4.78, 5) is 14.1. The molecule has 1 aliphatic heterocycles. The molecule has 1 N–H and O–H groups in total. The van der Waals surface area contributed by atoms with E-state index >= 15 is 0 Å². The van der Waals surface area contributed by atoms with Gasteiger partial charge in [-0.25, -0.2) is 4.79 Å². The fraction of sp³-hybridized carbons (Fsp3) is 0.938. The molecule has 1 fully saturated rings. The number of ether oxygens (including phenoxy) is 1. The van der Waals surface area contributed by atoms with Crippen LogP contribution in [0.3, 0.4) is 0 Å². The van der Waals surface area contributed by atoms with Gasteiger partial charge in [0.15, 0.2) is 0 Å². The number of amides is 1. The quantitative estimate of drug-likeness (QED) is 0.841. The van der Waals surface area contributed by atoms with Crippen molar-refractivity contribution in [2.45, 2.75) is 78.5 Å². The second kappa shape index (κ2) is 7.30. The molecule has 1 rings (SSSR count). The van der Waals surface area contributed by atoms with Crippen LogP contribution < -0.4 is 5.32 Å². The third-order valence-electron chi connectivity index (χ3n) is 3.87. The summed E-state index contributed by atoms with van der Waals surface area (Å²) in [7, 11) is 0. The van der Waals surface area contributed by atoms with E-state index in [0.29, 0.717) is 12.0 Å². The SMILES string of the molecule is CCC(NCC1CCCN1C(=O)OC(C)(C)C)C(C)C. The highest BCUT2D eigenvalue weighted by molar-refractivity contribution is 5.69. The molecule has 0 spiro atoms. The molecule has 4 nitrogen and oxygen atoms in total. The molecule has 0 aromatic heterocycles. The summed E-state index contributed by atoms with van der Waals surface area (Å²) >= 11 is 0. The first-order valence-electron chi connectivity index (χ1n) is 7.97. The van der Waals surface area contributed by atoms with E-state index in [0.717, 1.165) is 32.4 Å². The second-order valence-electron chi connectivity index (χ2n) is 7.14. The van der Waals surface area contributed by atoms with Gasteiger partial charge in [0.1, 0.15) is 5.60 Å². The molecule has 2 unspecified atom stereocenters. The fourth-order valence-electron chi connectivity index (χ4n) is 2.75. The van der Waals surface area contributed by atoms with Crippen molar-refractivity contribution in [1.29, 1.82) is 0 Å². The zero-order chi connectivity index (χ0) is 15.3. The first-order valence-corrected chi connectivity index (χ1v) is 7.97. The van der Waals surface area contributed by atoms with E-state index in [-0.39, 0.29) is 12.1 Å². The van der Waals surface area contributed by atoms with Crippen LogP contribution in [0.4, 0.5) is 4.79 Å². The summed E-state index contributed by atoms with van der Waals surface area (Å²) in [6, 6.07) is 0.800. The Hall–Kier alpha value is -0.770. The molecule has 0 bridgehead atoms. The minimum absolute atomic E-state index is 0.167. The molecule has 1 saturated heterocycles. The van der Waals surface area contributed by atoms with Crippen LogP contribution in [0.1, 0.15) is 60.8 Å². The first-order chi connectivity index (χ1) is 9.24. The number of likely N-dealkylation sites (tertiary alicyclic amines) is 1. The Morgan fingerprint density at radius 3 is 2.55 bits per heavy atom. The van der Waals surface area contributed by atoms with E-state index in [2.05, 4.69) is 26.1 Å². The van der Waals surface area contributed by atoms with Crippen molar-refractivity contribution in [3.63, 3.8) is 0 Å². The lowest BCUT2D eigenvalue weighted by Crippen LogP contribution is -2.46. The van der Waals surface area contributed by atoms with E-state index in [1.165, 1.54) is 0 Å². The predicted molar refractivity (Wildman–Crippen MR) is 82.9 cm³/mol. The van der Waals surface area contributed by atoms with Gasteiger partial charge in [-0.3, -0.25) is 0 Å². The lowest BCUT2D eigenvalue weighted by Gasteiger charge is -2.30. The number of carbonyl (C=O) groups is 1. The number of carbonyl (C=O) groups excluding carboxylic acids is 1. The van der Waals surface area contributed by atoms with Gasteiger partial charge in [-0.1, -0.05) is 20.8 Å². The van der Waals surface area contributed by atoms with Crippen LogP contribution in [0.2, 0.25) is 0 Å². The minimum Gasteiger partial charge on any atom is -0.444 e. The number of hydrogen-bond donors (Lipinski definition) is 1. The van der Waals surface area contributed by atoms with E-state index in [4.69, 9.17) is 4.74 Å². The van der Waals surface area contributed by atoms with Gasteiger partial charge >= 0.3 is 6.09 Å². The Kier molecular flexibility index (Phi) is 6.31. The third kappa shape index (κ3) is 5.31. The van der Waals surface area contributed by atoms with E-state index in [9.17, 15) is 4.79 Å². The van der Waals surface area contributed by atoms with Crippen LogP contribution in [0.15, 0.2) is 0 Å². The third-order valence-corrected chi connectivity index (χ3v) is 3.87. The lowest BCUT2D eigenvalue weighted by molar-refractivity contribution is 0.0223. The van der Waals surface area contributed by atoms with Gasteiger partial charge in [0, 0.05) is 25.2 Å². The van der Waals surface area contributed by atoms with Crippen molar-refractivity contribution in [3.05, 3.63) is 0 Å². The van der Waals surface area contributed by atoms with Crippen molar-refractivity contribution in [2.24, 2.45) is 5.92 Å². The van der Waals surface area contributed by atoms with Crippen LogP contribution >= 0.6 is 0 Å². The second-order valence-corrected chi connectivity index (χ2v) is 7.14. The fourth-order valence-corrected chi connectivity index (χ4v) is 2.75. The molecule has 0 aliphatic carbocycles. The Morgan fingerprint density at radius 1 is 1.40 bits per heavy atom. The Bertz CT molecular complexity index is 310. The highest BCUT2D eigenvalue weighted by Gasteiger charge is 2.32. The highest BCUT2D eigenvalue weighted by Crippen LogP contribution is 2.20. The molecular formula is C16H32N2O2. The van der Waals surface area contributed by atoms with Gasteiger partial charge in [0.25, 0.3) is 0 Å². The van der Waals surface area contributed by atoms with Crippen LogP contribution in [0, 0.1) is 5.92 Å². The van der Waals surface area contributed by atoms with Gasteiger partial charge in [-0.15, -0.1) is 0 Å². The van der Waals surface area contributed by atoms with Gasteiger partial charge in [-0.2, -0.15) is 0 Å². The van der Waals surface area contributed by atoms with Gasteiger partial charge in [0.2, 0.25) is 0 Å². The van der Waals surface area contributed by atoms with Crippen molar-refractivity contribution in [2.75, 3.05) is 13.1 Å². The molecule has 0 aromatic carbocycles. The van der Waals surface area contributed by atoms with Crippen LogP contribution in [0.25, 0.3) is 0 Å². The molecule has 0 aromatic rings. The van der Waals surface area contributed by atoms with Crippen LogP contribution in [-0.4, -0.2) is 41.8 Å². The highest BCUT2D eigenvalue weighted by atomic mass is 16.6. The summed E-state index contributed by atoms with van der Waals surface area (Å²) in [6.45, 7) is 14.1. The number of nitrogens with zero attached hydrogens (tertiary/aromatic N) is 1. The Morgan fingerprint density at radius 2 is 2.05 bits per heavy atom.